The molecular formula is C5H12N4. The van der Waals surface area contributed by atoms with Crippen LogP contribution in [0.5, 0.6) is 0 Å². The molecule has 0 aliphatic carbocycles. The molecule has 0 aromatic heterocycles. The SMILES string of the molecule is [N-]=[N+]=NCCCCCN. The van der Waals surface area contributed by atoms with Crippen molar-refractivity contribution in [2.24, 2.45) is 10.8 Å². The summed E-state index contributed by atoms with van der Waals surface area (Å²) in [6.45, 7) is 1.34. The van der Waals surface area contributed by atoms with Gasteiger partial charge in [-0.15, -0.1) is 0 Å². The summed E-state index contributed by atoms with van der Waals surface area (Å²) in [5, 5.41) is 3.38. The molecule has 9 heavy (non-hydrogen) atoms. The lowest BCUT2D eigenvalue weighted by molar-refractivity contribution is 0.693. The van der Waals surface area contributed by atoms with Gasteiger partial charge in [0, 0.05) is 11.5 Å². The monoisotopic (exact) mass is 128 g/mol. The number of nitrogens with two attached hydrogens (primary N) is 1. The number of rotatable bonds is 5. The molecule has 0 fully saturated rings. The summed E-state index contributed by atoms with van der Waals surface area (Å²) in [5.41, 5.74) is 13.1. The molecule has 0 rings (SSSR count). The van der Waals surface area contributed by atoms with Crippen LogP contribution in [0.3, 0.4) is 0 Å². The summed E-state index contributed by atoms with van der Waals surface area (Å²) in [4.78, 5) is 2.63. The van der Waals surface area contributed by atoms with Gasteiger partial charge in [0.1, 0.15) is 0 Å². The predicted molar refractivity (Wildman–Crippen MR) is 36.9 cm³/mol. The Bertz CT molecular complexity index is 95.1. The average molecular weight is 128 g/mol. The second kappa shape index (κ2) is 7.27. The molecule has 2 N–H and O–H groups in total. The zero-order valence-electron chi connectivity index (χ0n) is 5.45. The molecule has 4 heteroatoms. The molecule has 0 aliphatic rings. The Morgan fingerprint density at radius 1 is 1.33 bits per heavy atom. The minimum Gasteiger partial charge on any atom is -0.330 e. The Morgan fingerprint density at radius 2 is 2.11 bits per heavy atom. The summed E-state index contributed by atoms with van der Waals surface area (Å²) in [6.07, 6.45) is 3.05. The minimum absolute atomic E-state index is 0.608. The van der Waals surface area contributed by atoms with E-state index in [0.29, 0.717) is 6.54 Å². The lowest BCUT2D eigenvalue weighted by Gasteiger charge is -1.91. The third kappa shape index (κ3) is 7.27. The Morgan fingerprint density at radius 3 is 2.67 bits per heavy atom. The molecule has 0 saturated heterocycles. The zero-order chi connectivity index (χ0) is 6.95. The highest BCUT2D eigenvalue weighted by molar-refractivity contribution is 4.47. The first kappa shape index (κ1) is 8.27. The van der Waals surface area contributed by atoms with Crippen LogP contribution in [-0.4, -0.2) is 13.1 Å². The van der Waals surface area contributed by atoms with Gasteiger partial charge in [-0.25, -0.2) is 0 Å². The van der Waals surface area contributed by atoms with Crippen molar-refractivity contribution in [3.8, 4) is 0 Å². The summed E-state index contributed by atoms with van der Waals surface area (Å²) >= 11 is 0. The Balaban J connectivity index is 2.82. The van der Waals surface area contributed by atoms with E-state index in [0.717, 1.165) is 25.8 Å². The van der Waals surface area contributed by atoms with Gasteiger partial charge in [-0.2, -0.15) is 0 Å². The average Bonchev–Trinajstić information content (AvgIpc) is 1.89. The molecule has 52 valence electrons. The topological polar surface area (TPSA) is 74.8 Å². The smallest absolute Gasteiger partial charge is 0.0257 e. The molecule has 0 bridgehead atoms. The van der Waals surface area contributed by atoms with Crippen LogP contribution in [-0.2, 0) is 0 Å². The summed E-state index contributed by atoms with van der Waals surface area (Å²) in [5.74, 6) is 0. The molecule has 0 aromatic carbocycles. The quantitative estimate of drug-likeness (QED) is 0.258. The molecule has 0 amide bonds. The third-order valence-electron chi connectivity index (χ3n) is 1.03. The number of nitrogens with zero attached hydrogens (tertiary/aromatic N) is 3. The van der Waals surface area contributed by atoms with E-state index >= 15 is 0 Å². The van der Waals surface area contributed by atoms with Crippen LogP contribution in [0.25, 0.3) is 10.4 Å². The zero-order valence-corrected chi connectivity index (χ0v) is 5.45. The fraction of sp³-hybridized carbons (Fsp3) is 1.00. The highest BCUT2D eigenvalue weighted by Crippen LogP contribution is 1.92. The van der Waals surface area contributed by atoms with Crippen molar-refractivity contribution < 1.29 is 0 Å². The van der Waals surface area contributed by atoms with Gasteiger partial charge in [-0.05, 0) is 24.9 Å². The van der Waals surface area contributed by atoms with Gasteiger partial charge in [0.05, 0.1) is 0 Å². The molecule has 0 aromatic rings. The fourth-order valence-corrected chi connectivity index (χ4v) is 0.548. The van der Waals surface area contributed by atoms with Gasteiger partial charge >= 0.3 is 0 Å². The molecule has 0 spiro atoms. The Hall–Kier alpha value is -0.730. The van der Waals surface area contributed by atoms with Crippen molar-refractivity contribution in [2.45, 2.75) is 19.3 Å². The number of unbranched alkanes of at least 4 members (excludes halogenated alkanes) is 2. The maximum Gasteiger partial charge on any atom is 0.0257 e. The molecule has 0 saturated carbocycles. The van der Waals surface area contributed by atoms with Crippen molar-refractivity contribution >= 4 is 0 Å². The first-order valence-electron chi connectivity index (χ1n) is 3.12. The van der Waals surface area contributed by atoms with Crippen molar-refractivity contribution in [1.29, 1.82) is 0 Å². The molecule has 0 heterocycles. The van der Waals surface area contributed by atoms with E-state index in [1.54, 1.807) is 0 Å². The lowest BCUT2D eigenvalue weighted by atomic mass is 10.2. The second-order valence-electron chi connectivity index (χ2n) is 1.80. The highest BCUT2D eigenvalue weighted by Gasteiger charge is 1.83. The van der Waals surface area contributed by atoms with E-state index in [1.807, 2.05) is 0 Å². The second-order valence-corrected chi connectivity index (χ2v) is 1.80. The predicted octanol–water partition coefficient (Wildman–Crippen LogP) is 1.43. The summed E-state index contributed by atoms with van der Waals surface area (Å²) < 4.78 is 0. The molecule has 0 aliphatic heterocycles. The molecule has 0 atom stereocenters. The standard InChI is InChI=1S/C5H12N4/c6-4-2-1-3-5-8-9-7/h1-6H2. The van der Waals surface area contributed by atoms with Crippen LogP contribution in [0.15, 0.2) is 5.11 Å². The normalized spacial score (nSPS) is 8.56. The van der Waals surface area contributed by atoms with Crippen molar-refractivity contribution in [2.75, 3.05) is 13.1 Å². The van der Waals surface area contributed by atoms with Crippen molar-refractivity contribution in [3.05, 3.63) is 10.4 Å². The Labute approximate surface area is 54.7 Å². The fourth-order valence-electron chi connectivity index (χ4n) is 0.548. The van der Waals surface area contributed by atoms with E-state index in [9.17, 15) is 0 Å². The van der Waals surface area contributed by atoms with E-state index < -0.39 is 0 Å². The number of azide groups is 1. The van der Waals surface area contributed by atoms with E-state index in [1.165, 1.54) is 0 Å². The third-order valence-corrected chi connectivity index (χ3v) is 1.03. The number of hydrogen-bond acceptors (Lipinski definition) is 2. The van der Waals surface area contributed by atoms with E-state index in [-0.39, 0.29) is 0 Å². The highest BCUT2D eigenvalue weighted by atomic mass is 15.1. The minimum atomic E-state index is 0.608. The molecule has 0 radical (unpaired) electrons. The van der Waals surface area contributed by atoms with E-state index in [4.69, 9.17) is 11.3 Å². The van der Waals surface area contributed by atoms with Crippen LogP contribution >= 0.6 is 0 Å². The van der Waals surface area contributed by atoms with Crippen LogP contribution in [0.1, 0.15) is 19.3 Å². The van der Waals surface area contributed by atoms with Crippen LogP contribution in [0.4, 0.5) is 0 Å². The van der Waals surface area contributed by atoms with Crippen LogP contribution in [0, 0.1) is 0 Å². The van der Waals surface area contributed by atoms with Crippen LogP contribution in [0.2, 0.25) is 0 Å². The van der Waals surface area contributed by atoms with Gasteiger partial charge in [-0.3, -0.25) is 0 Å². The maximum atomic E-state index is 7.86. The van der Waals surface area contributed by atoms with Gasteiger partial charge in [0.2, 0.25) is 0 Å². The largest absolute Gasteiger partial charge is 0.330 e. The lowest BCUT2D eigenvalue weighted by Crippen LogP contribution is -1.97. The van der Waals surface area contributed by atoms with Crippen molar-refractivity contribution in [1.82, 2.24) is 0 Å². The van der Waals surface area contributed by atoms with Crippen molar-refractivity contribution in [3.63, 3.8) is 0 Å². The molecule has 4 nitrogen and oxygen atoms in total. The summed E-state index contributed by atoms with van der Waals surface area (Å²) in [7, 11) is 0. The summed E-state index contributed by atoms with van der Waals surface area (Å²) in [6, 6.07) is 0. The number of hydrogen-bond donors (Lipinski definition) is 1. The molecular weight excluding hydrogens is 116 g/mol. The van der Waals surface area contributed by atoms with Gasteiger partial charge in [0.15, 0.2) is 0 Å². The van der Waals surface area contributed by atoms with E-state index in [2.05, 4.69) is 10.0 Å². The van der Waals surface area contributed by atoms with Crippen LogP contribution < -0.4 is 5.73 Å². The van der Waals surface area contributed by atoms with Gasteiger partial charge in [-0.1, -0.05) is 11.5 Å². The Kier molecular flexibility index (Phi) is 6.68. The molecule has 0 unspecified atom stereocenters. The van der Waals surface area contributed by atoms with Gasteiger partial charge < -0.3 is 5.73 Å². The maximum absolute atomic E-state index is 7.86. The first-order chi connectivity index (χ1) is 4.41. The first-order valence-corrected chi connectivity index (χ1v) is 3.12. The van der Waals surface area contributed by atoms with Gasteiger partial charge in [0.25, 0.3) is 0 Å².